The lowest BCUT2D eigenvalue weighted by molar-refractivity contribution is -0.156. The number of amides is 2. The van der Waals surface area contributed by atoms with Gasteiger partial charge < -0.3 is 20.5 Å². The topological polar surface area (TPSA) is 125 Å². The molecule has 0 unspecified atom stereocenters. The van der Waals surface area contributed by atoms with Crippen LogP contribution in [-0.2, 0) is 30.0 Å². The number of esters is 2. The van der Waals surface area contributed by atoms with Gasteiger partial charge in [0.05, 0.1) is 31.1 Å². The molecular formula is C18H21F3N2O6. The van der Waals surface area contributed by atoms with Gasteiger partial charge in [-0.1, -0.05) is 6.07 Å². The number of primary amides is 1. The minimum Gasteiger partial charge on any atom is -0.466 e. The van der Waals surface area contributed by atoms with Gasteiger partial charge in [0.2, 0.25) is 5.91 Å². The summed E-state index contributed by atoms with van der Waals surface area (Å²) in [5.74, 6) is -5.61. The molecule has 1 aromatic rings. The van der Waals surface area contributed by atoms with Gasteiger partial charge in [-0.2, -0.15) is 13.2 Å². The SMILES string of the molecule is CCOC(=O)C[C@H](C(=O)OCC)[C@H](NC(=O)c1cccc(C(F)(F)F)c1)C(N)=O. The molecule has 0 fully saturated rings. The largest absolute Gasteiger partial charge is 0.466 e. The number of nitrogens with one attached hydrogen (secondary N) is 1. The highest BCUT2D eigenvalue weighted by atomic mass is 19.4. The molecule has 1 rings (SSSR count). The number of carbonyl (C=O) groups excluding carboxylic acids is 4. The Kier molecular flexibility index (Phi) is 8.61. The first-order valence-electron chi connectivity index (χ1n) is 8.60. The van der Waals surface area contributed by atoms with Gasteiger partial charge in [-0.15, -0.1) is 0 Å². The molecule has 0 aromatic heterocycles. The Labute approximate surface area is 164 Å². The highest BCUT2D eigenvalue weighted by Crippen LogP contribution is 2.29. The van der Waals surface area contributed by atoms with Crippen LogP contribution in [0.5, 0.6) is 0 Å². The number of halogens is 3. The summed E-state index contributed by atoms with van der Waals surface area (Å²) in [5, 5.41) is 2.11. The van der Waals surface area contributed by atoms with Crippen molar-refractivity contribution in [2.75, 3.05) is 13.2 Å². The number of alkyl halides is 3. The minimum absolute atomic E-state index is 0.00616. The molecule has 0 spiro atoms. The molecule has 2 atom stereocenters. The van der Waals surface area contributed by atoms with E-state index in [4.69, 9.17) is 15.2 Å². The summed E-state index contributed by atoms with van der Waals surface area (Å²) in [6.45, 7) is 2.94. The highest BCUT2D eigenvalue weighted by molar-refractivity contribution is 5.99. The lowest BCUT2D eigenvalue weighted by Gasteiger charge is -2.23. The Balaban J connectivity index is 3.15. The van der Waals surface area contributed by atoms with E-state index in [0.717, 1.165) is 18.2 Å². The summed E-state index contributed by atoms with van der Waals surface area (Å²) < 4.78 is 48.1. The molecule has 0 aliphatic carbocycles. The third-order valence-electron chi connectivity index (χ3n) is 3.73. The van der Waals surface area contributed by atoms with E-state index in [1.54, 1.807) is 0 Å². The fraction of sp³-hybridized carbons (Fsp3) is 0.444. The third kappa shape index (κ3) is 7.09. The van der Waals surface area contributed by atoms with Crippen molar-refractivity contribution < 1.29 is 41.8 Å². The van der Waals surface area contributed by atoms with Gasteiger partial charge in [-0.05, 0) is 32.0 Å². The molecule has 0 radical (unpaired) electrons. The molecule has 11 heteroatoms. The second-order valence-electron chi connectivity index (χ2n) is 5.80. The molecule has 8 nitrogen and oxygen atoms in total. The molecule has 0 aliphatic rings. The molecule has 1 aromatic carbocycles. The molecule has 0 aliphatic heterocycles. The van der Waals surface area contributed by atoms with Gasteiger partial charge in [0, 0.05) is 5.56 Å². The Hall–Kier alpha value is -3.11. The smallest absolute Gasteiger partial charge is 0.416 e. The van der Waals surface area contributed by atoms with E-state index < -0.39 is 59.4 Å². The highest BCUT2D eigenvalue weighted by Gasteiger charge is 2.37. The van der Waals surface area contributed by atoms with Gasteiger partial charge in [-0.3, -0.25) is 19.2 Å². The molecule has 29 heavy (non-hydrogen) atoms. The van der Waals surface area contributed by atoms with Crippen LogP contribution >= 0.6 is 0 Å². The van der Waals surface area contributed by atoms with Gasteiger partial charge in [0.25, 0.3) is 5.91 Å². The maximum Gasteiger partial charge on any atom is 0.416 e. The predicted molar refractivity (Wildman–Crippen MR) is 93.3 cm³/mol. The van der Waals surface area contributed by atoms with Crippen LogP contribution in [0.3, 0.4) is 0 Å². The van der Waals surface area contributed by atoms with Crippen molar-refractivity contribution in [1.82, 2.24) is 5.32 Å². The fourth-order valence-electron chi connectivity index (χ4n) is 2.42. The van der Waals surface area contributed by atoms with Crippen LogP contribution in [0.15, 0.2) is 24.3 Å². The van der Waals surface area contributed by atoms with Crippen LogP contribution in [-0.4, -0.2) is 43.0 Å². The van der Waals surface area contributed by atoms with Crippen LogP contribution in [0.1, 0.15) is 36.2 Å². The molecule has 0 saturated carbocycles. The normalized spacial score (nSPS) is 13.1. The monoisotopic (exact) mass is 418 g/mol. The molecule has 0 heterocycles. The van der Waals surface area contributed by atoms with Gasteiger partial charge in [0.15, 0.2) is 0 Å². The zero-order valence-electron chi connectivity index (χ0n) is 15.7. The summed E-state index contributed by atoms with van der Waals surface area (Å²) >= 11 is 0. The van der Waals surface area contributed by atoms with Crippen molar-refractivity contribution in [3.8, 4) is 0 Å². The number of carbonyl (C=O) groups is 4. The Morgan fingerprint density at radius 2 is 1.72 bits per heavy atom. The van der Waals surface area contributed by atoms with E-state index >= 15 is 0 Å². The summed E-state index contributed by atoms with van der Waals surface area (Å²) in [7, 11) is 0. The van der Waals surface area contributed by atoms with Crippen LogP contribution in [0.25, 0.3) is 0 Å². The van der Waals surface area contributed by atoms with E-state index in [2.05, 4.69) is 5.32 Å². The molecular weight excluding hydrogens is 397 g/mol. The number of hydrogen-bond donors (Lipinski definition) is 2. The Morgan fingerprint density at radius 1 is 1.10 bits per heavy atom. The van der Waals surface area contributed by atoms with Crippen molar-refractivity contribution in [1.29, 1.82) is 0 Å². The van der Waals surface area contributed by atoms with E-state index in [9.17, 15) is 32.3 Å². The molecule has 0 bridgehead atoms. The predicted octanol–water partition coefficient (Wildman–Crippen LogP) is 1.42. The molecule has 2 amide bonds. The van der Waals surface area contributed by atoms with E-state index in [0.29, 0.717) is 6.07 Å². The second-order valence-corrected chi connectivity index (χ2v) is 5.80. The Bertz CT molecular complexity index is 766. The summed E-state index contributed by atoms with van der Waals surface area (Å²) in [5.41, 5.74) is 3.77. The first-order chi connectivity index (χ1) is 13.5. The third-order valence-corrected chi connectivity index (χ3v) is 3.73. The number of nitrogens with two attached hydrogens (primary N) is 1. The first-order valence-corrected chi connectivity index (χ1v) is 8.60. The maximum atomic E-state index is 12.8. The number of benzene rings is 1. The number of ether oxygens (including phenoxy) is 2. The van der Waals surface area contributed by atoms with Crippen molar-refractivity contribution in [3.63, 3.8) is 0 Å². The summed E-state index contributed by atoms with van der Waals surface area (Å²) in [6.07, 6.45) is -5.31. The van der Waals surface area contributed by atoms with Crippen molar-refractivity contribution in [2.45, 2.75) is 32.5 Å². The van der Waals surface area contributed by atoms with Crippen LogP contribution in [0.4, 0.5) is 13.2 Å². The van der Waals surface area contributed by atoms with Crippen LogP contribution < -0.4 is 11.1 Å². The lowest BCUT2D eigenvalue weighted by Crippen LogP contribution is -2.52. The standard InChI is InChI=1S/C18H21F3N2O6/c1-3-28-13(24)9-12(17(27)29-4-2)14(15(22)25)23-16(26)10-6-5-7-11(8-10)18(19,20)21/h5-8,12,14H,3-4,9H2,1-2H3,(H2,22,25)(H,23,26)/t12-,14-/m0/s1. The lowest BCUT2D eigenvalue weighted by atomic mass is 9.94. The zero-order valence-corrected chi connectivity index (χ0v) is 15.7. The van der Waals surface area contributed by atoms with E-state index in [-0.39, 0.29) is 13.2 Å². The molecule has 3 N–H and O–H groups in total. The zero-order chi connectivity index (χ0) is 22.2. The van der Waals surface area contributed by atoms with Crippen LogP contribution in [0.2, 0.25) is 0 Å². The number of rotatable bonds is 9. The average Bonchev–Trinajstić information content (AvgIpc) is 2.64. The second kappa shape index (κ2) is 10.4. The van der Waals surface area contributed by atoms with E-state index in [1.807, 2.05) is 0 Å². The van der Waals surface area contributed by atoms with Crippen molar-refractivity contribution in [3.05, 3.63) is 35.4 Å². The number of hydrogen-bond acceptors (Lipinski definition) is 6. The van der Waals surface area contributed by atoms with Gasteiger partial charge in [0.1, 0.15) is 6.04 Å². The minimum atomic E-state index is -4.68. The van der Waals surface area contributed by atoms with Gasteiger partial charge in [-0.25, -0.2) is 0 Å². The van der Waals surface area contributed by atoms with Crippen molar-refractivity contribution >= 4 is 23.8 Å². The van der Waals surface area contributed by atoms with E-state index in [1.165, 1.54) is 13.8 Å². The first kappa shape index (κ1) is 23.9. The Morgan fingerprint density at radius 3 is 2.24 bits per heavy atom. The van der Waals surface area contributed by atoms with Gasteiger partial charge >= 0.3 is 18.1 Å². The molecule has 160 valence electrons. The van der Waals surface area contributed by atoms with Crippen molar-refractivity contribution in [2.24, 2.45) is 11.7 Å². The summed E-state index contributed by atoms with van der Waals surface area (Å²) in [6, 6.07) is 1.74. The quantitative estimate of drug-likeness (QED) is 0.585. The maximum absolute atomic E-state index is 12.8. The van der Waals surface area contributed by atoms with Crippen LogP contribution in [0, 0.1) is 5.92 Å². The average molecular weight is 418 g/mol. The fourth-order valence-corrected chi connectivity index (χ4v) is 2.42. The molecule has 0 saturated heterocycles. The summed E-state index contributed by atoms with van der Waals surface area (Å²) in [4.78, 5) is 48.2.